The van der Waals surface area contributed by atoms with Gasteiger partial charge in [0, 0.05) is 11.7 Å². The van der Waals surface area contributed by atoms with E-state index in [-0.39, 0.29) is 11.3 Å². The minimum Gasteiger partial charge on any atom is -0.423 e. The number of alkyl halides is 6. The van der Waals surface area contributed by atoms with Crippen molar-refractivity contribution >= 4 is 12.6 Å². The minimum absolute atomic E-state index is 0.0230. The molecule has 0 spiro atoms. The summed E-state index contributed by atoms with van der Waals surface area (Å²) in [5.41, 5.74) is -2.92. The van der Waals surface area contributed by atoms with Crippen molar-refractivity contribution in [1.29, 1.82) is 0 Å². The fourth-order valence-corrected chi connectivity index (χ4v) is 1.89. The van der Waals surface area contributed by atoms with Crippen molar-refractivity contribution in [2.75, 3.05) is 0 Å². The molecule has 23 heavy (non-hydrogen) atoms. The number of rotatable bonds is 2. The Morgan fingerprint density at radius 1 is 0.826 bits per heavy atom. The summed E-state index contributed by atoms with van der Waals surface area (Å²) < 4.78 is 75.3. The average Bonchev–Trinajstić information content (AvgIpc) is 2.45. The lowest BCUT2D eigenvalue weighted by molar-refractivity contribution is -0.138. The normalized spacial score (nSPS) is 12.3. The lowest BCUT2D eigenvalue weighted by Gasteiger charge is -2.13. The Morgan fingerprint density at radius 3 is 1.78 bits per heavy atom. The predicted octanol–water partition coefficient (Wildman–Crippen LogP) is 2.47. The molecule has 0 radical (unpaired) electrons. The fourth-order valence-electron chi connectivity index (χ4n) is 1.89. The van der Waals surface area contributed by atoms with Crippen molar-refractivity contribution in [3.8, 4) is 11.3 Å². The van der Waals surface area contributed by atoms with Crippen LogP contribution >= 0.6 is 0 Å². The Labute approximate surface area is 126 Å². The van der Waals surface area contributed by atoms with Gasteiger partial charge in [0.25, 0.3) is 0 Å². The number of hydrogen-bond donors (Lipinski definition) is 2. The van der Waals surface area contributed by atoms with Crippen molar-refractivity contribution in [3.05, 3.63) is 47.7 Å². The zero-order chi connectivity index (χ0) is 17.4. The van der Waals surface area contributed by atoms with E-state index in [9.17, 15) is 36.4 Å². The van der Waals surface area contributed by atoms with E-state index >= 15 is 0 Å². The smallest absolute Gasteiger partial charge is 0.423 e. The molecule has 1 aromatic heterocycles. The Kier molecular flexibility index (Phi) is 4.40. The second kappa shape index (κ2) is 5.86. The number of halogens is 6. The lowest BCUT2D eigenvalue weighted by Crippen LogP contribution is -2.33. The van der Waals surface area contributed by atoms with Gasteiger partial charge in [-0.3, -0.25) is 4.98 Å². The molecule has 122 valence electrons. The summed E-state index contributed by atoms with van der Waals surface area (Å²) in [6, 6.07) is 3.92. The Hall–Kier alpha value is -2.07. The zero-order valence-corrected chi connectivity index (χ0v) is 11.2. The van der Waals surface area contributed by atoms with Crippen LogP contribution in [0.2, 0.25) is 0 Å². The van der Waals surface area contributed by atoms with Crippen LogP contribution in [0.3, 0.4) is 0 Å². The summed E-state index contributed by atoms with van der Waals surface area (Å²) >= 11 is 0. The SMILES string of the molecule is OB(O)c1cc(C(F)(F)F)cnc1-c1ccc(C(F)(F)F)cc1. The maximum Gasteiger partial charge on any atom is 0.490 e. The molecule has 0 aliphatic heterocycles. The van der Waals surface area contributed by atoms with Gasteiger partial charge in [0.05, 0.1) is 16.8 Å². The molecule has 2 rings (SSSR count). The van der Waals surface area contributed by atoms with Gasteiger partial charge in [-0.2, -0.15) is 26.3 Å². The highest BCUT2D eigenvalue weighted by Gasteiger charge is 2.34. The molecule has 0 saturated carbocycles. The topological polar surface area (TPSA) is 53.4 Å². The first kappa shape index (κ1) is 17.3. The minimum atomic E-state index is -4.74. The zero-order valence-electron chi connectivity index (χ0n) is 11.2. The van der Waals surface area contributed by atoms with Gasteiger partial charge in [-0.05, 0) is 23.8 Å². The van der Waals surface area contributed by atoms with Crippen LogP contribution in [-0.4, -0.2) is 22.2 Å². The first-order valence-electron chi connectivity index (χ1n) is 6.11. The molecule has 0 aliphatic carbocycles. The Morgan fingerprint density at radius 2 is 1.35 bits per heavy atom. The third kappa shape index (κ3) is 3.83. The second-order valence-electron chi connectivity index (χ2n) is 4.61. The molecule has 0 atom stereocenters. The van der Waals surface area contributed by atoms with Gasteiger partial charge in [-0.15, -0.1) is 0 Å². The summed E-state index contributed by atoms with van der Waals surface area (Å²) in [6.45, 7) is 0. The maximum atomic E-state index is 12.6. The summed E-state index contributed by atoms with van der Waals surface area (Å²) in [5, 5.41) is 18.4. The van der Waals surface area contributed by atoms with Crippen molar-refractivity contribution < 1.29 is 36.4 Å². The van der Waals surface area contributed by atoms with Gasteiger partial charge in [0.1, 0.15) is 0 Å². The molecule has 2 N–H and O–H groups in total. The summed E-state index contributed by atoms with van der Waals surface area (Å²) in [7, 11) is -2.26. The second-order valence-corrected chi connectivity index (χ2v) is 4.61. The maximum absolute atomic E-state index is 12.6. The van der Waals surface area contributed by atoms with E-state index < -0.39 is 36.1 Å². The fraction of sp³-hybridized carbons (Fsp3) is 0.154. The van der Waals surface area contributed by atoms with Crippen LogP contribution in [0.5, 0.6) is 0 Å². The molecule has 3 nitrogen and oxygen atoms in total. The number of nitrogens with zero attached hydrogens (tertiary/aromatic N) is 1. The van der Waals surface area contributed by atoms with Gasteiger partial charge in [-0.25, -0.2) is 0 Å². The van der Waals surface area contributed by atoms with E-state index in [0.29, 0.717) is 12.3 Å². The van der Waals surface area contributed by atoms with Gasteiger partial charge < -0.3 is 10.0 Å². The van der Waals surface area contributed by atoms with Crippen LogP contribution in [0, 0.1) is 0 Å². The van der Waals surface area contributed by atoms with E-state index in [2.05, 4.69) is 4.98 Å². The first-order chi connectivity index (χ1) is 10.5. The number of benzene rings is 1. The molecule has 0 saturated heterocycles. The van der Waals surface area contributed by atoms with Crippen LogP contribution < -0.4 is 5.46 Å². The monoisotopic (exact) mass is 335 g/mol. The van der Waals surface area contributed by atoms with E-state index in [1.54, 1.807) is 0 Å². The highest BCUT2D eigenvalue weighted by Crippen LogP contribution is 2.32. The molecule has 1 aromatic carbocycles. The number of hydrogen-bond acceptors (Lipinski definition) is 3. The molecule has 0 bridgehead atoms. The van der Waals surface area contributed by atoms with Gasteiger partial charge >= 0.3 is 19.5 Å². The predicted molar refractivity (Wildman–Crippen MR) is 69.5 cm³/mol. The molecule has 1 heterocycles. The summed E-state index contributed by atoms with van der Waals surface area (Å²) in [4.78, 5) is 3.51. The van der Waals surface area contributed by atoms with Crippen molar-refractivity contribution in [3.63, 3.8) is 0 Å². The first-order valence-corrected chi connectivity index (χ1v) is 6.11. The number of pyridine rings is 1. The van der Waals surface area contributed by atoms with Crippen LogP contribution in [0.15, 0.2) is 36.5 Å². The van der Waals surface area contributed by atoms with E-state index in [4.69, 9.17) is 0 Å². The third-order valence-electron chi connectivity index (χ3n) is 3.01. The van der Waals surface area contributed by atoms with Gasteiger partial charge in [-0.1, -0.05) is 12.1 Å². The summed E-state index contributed by atoms with van der Waals surface area (Å²) in [5.74, 6) is 0. The Bertz CT molecular complexity index is 697. The highest BCUT2D eigenvalue weighted by atomic mass is 19.4. The van der Waals surface area contributed by atoms with Crippen molar-refractivity contribution in [1.82, 2.24) is 4.98 Å². The molecule has 0 fully saturated rings. The van der Waals surface area contributed by atoms with Crippen LogP contribution in [-0.2, 0) is 12.4 Å². The standard InChI is InChI=1S/C13H8BF6NO2/c15-12(16,17)8-3-1-7(2-4-8)11-10(14(22)23)5-9(6-21-11)13(18,19)20/h1-6,22-23H. The van der Waals surface area contributed by atoms with Crippen LogP contribution in [0.4, 0.5) is 26.3 Å². The van der Waals surface area contributed by atoms with E-state index in [0.717, 1.165) is 24.3 Å². The third-order valence-corrected chi connectivity index (χ3v) is 3.01. The molecular formula is C13H8BF6NO2. The van der Waals surface area contributed by atoms with Gasteiger partial charge in [0.2, 0.25) is 0 Å². The molecule has 0 amide bonds. The molecular weight excluding hydrogens is 327 g/mol. The quantitative estimate of drug-likeness (QED) is 0.655. The van der Waals surface area contributed by atoms with Crippen molar-refractivity contribution in [2.45, 2.75) is 12.4 Å². The van der Waals surface area contributed by atoms with Crippen LogP contribution in [0.1, 0.15) is 11.1 Å². The van der Waals surface area contributed by atoms with E-state index in [1.165, 1.54) is 0 Å². The molecule has 10 heteroatoms. The molecule has 2 aromatic rings. The van der Waals surface area contributed by atoms with E-state index in [1.807, 2.05) is 0 Å². The van der Waals surface area contributed by atoms with Crippen LogP contribution in [0.25, 0.3) is 11.3 Å². The largest absolute Gasteiger partial charge is 0.490 e. The Balaban J connectivity index is 2.51. The molecule has 0 aliphatic rings. The highest BCUT2D eigenvalue weighted by molar-refractivity contribution is 6.60. The average molecular weight is 335 g/mol. The lowest BCUT2D eigenvalue weighted by atomic mass is 9.77. The summed E-state index contributed by atoms with van der Waals surface area (Å²) in [6.07, 6.45) is -8.83. The number of aromatic nitrogens is 1. The molecule has 0 unspecified atom stereocenters. The van der Waals surface area contributed by atoms with Crippen molar-refractivity contribution in [2.24, 2.45) is 0 Å². The van der Waals surface area contributed by atoms with Gasteiger partial charge in [0.15, 0.2) is 0 Å².